The molecule has 1 aromatic carbocycles. The highest BCUT2D eigenvalue weighted by Crippen LogP contribution is 2.10. The maximum Gasteiger partial charge on any atom is 0.394 e. The van der Waals surface area contributed by atoms with Gasteiger partial charge in [-0.2, -0.15) is 8.42 Å². The van der Waals surface area contributed by atoms with Crippen LogP contribution in [0.4, 0.5) is 5.69 Å². The molecule has 0 aromatic heterocycles. The van der Waals surface area contributed by atoms with Crippen LogP contribution in [0.3, 0.4) is 0 Å². The lowest BCUT2D eigenvalue weighted by Gasteiger charge is -2.22. The third kappa shape index (κ3) is 11.6. The van der Waals surface area contributed by atoms with E-state index in [1.807, 2.05) is 37.3 Å². The Kier molecular flexibility index (Phi) is 6.94. The molecule has 0 fully saturated rings. The monoisotopic (exact) mass is 312 g/mol. The fourth-order valence-electron chi connectivity index (χ4n) is 1.11. The van der Waals surface area contributed by atoms with Crippen molar-refractivity contribution in [1.29, 1.82) is 0 Å². The molecular weight excluding hydrogens is 296 g/mol. The van der Waals surface area contributed by atoms with E-state index in [4.69, 9.17) is 17.5 Å². The Labute approximate surface area is 112 Å². The average molecular weight is 312 g/mol. The van der Waals surface area contributed by atoms with Gasteiger partial charge in [-0.1, -0.05) is 18.2 Å². The van der Waals surface area contributed by atoms with Crippen molar-refractivity contribution in [2.75, 3.05) is 17.8 Å². The van der Waals surface area contributed by atoms with Crippen LogP contribution in [0.5, 0.6) is 0 Å². The number of hydrogen-bond acceptors (Lipinski definition) is 5. The van der Waals surface area contributed by atoms with Gasteiger partial charge in [-0.05, 0) is 19.1 Å². The molecule has 0 unspecified atom stereocenters. The van der Waals surface area contributed by atoms with Gasteiger partial charge in [-0.25, -0.2) is 8.42 Å². The molecule has 0 amide bonds. The predicted molar refractivity (Wildman–Crippen MR) is 71.6 cm³/mol. The quantitative estimate of drug-likeness (QED) is 0.540. The summed E-state index contributed by atoms with van der Waals surface area (Å²) in [6, 6.07) is 9.31. The standard InChI is InChI=1S/C9H14N2O2S.H2O4S/c1-3-11(10-14(2,12)13)9-7-5-4-6-8-9;1-5(2,3)4/h4-8,10H,3H2,1-2H3;(H2,1,2,3,4). The summed E-state index contributed by atoms with van der Waals surface area (Å²) in [5.41, 5.74) is 0.834. The van der Waals surface area contributed by atoms with E-state index in [0.29, 0.717) is 6.54 Å². The molecular formula is C9H16N2O6S2. The summed E-state index contributed by atoms with van der Waals surface area (Å²) in [5, 5.41) is 1.58. The number of benzene rings is 1. The van der Waals surface area contributed by atoms with Crippen molar-refractivity contribution in [3.8, 4) is 0 Å². The summed E-state index contributed by atoms with van der Waals surface area (Å²) < 4.78 is 53.6. The van der Waals surface area contributed by atoms with Crippen molar-refractivity contribution in [3.05, 3.63) is 30.3 Å². The van der Waals surface area contributed by atoms with Crippen LogP contribution in [-0.4, -0.2) is 38.7 Å². The van der Waals surface area contributed by atoms with Gasteiger partial charge in [-0.3, -0.25) is 14.1 Å². The normalized spacial score (nSPS) is 11.4. The highest BCUT2D eigenvalue weighted by atomic mass is 32.3. The van der Waals surface area contributed by atoms with Crippen molar-refractivity contribution in [3.63, 3.8) is 0 Å². The van der Waals surface area contributed by atoms with Gasteiger partial charge >= 0.3 is 10.4 Å². The van der Waals surface area contributed by atoms with Gasteiger partial charge in [0.05, 0.1) is 11.9 Å². The third-order valence-electron chi connectivity index (χ3n) is 1.66. The minimum atomic E-state index is -4.67. The molecule has 10 heteroatoms. The summed E-state index contributed by atoms with van der Waals surface area (Å²) in [5.74, 6) is 0. The van der Waals surface area contributed by atoms with E-state index < -0.39 is 20.4 Å². The first-order chi connectivity index (χ1) is 8.53. The molecule has 0 saturated heterocycles. The molecule has 0 atom stereocenters. The molecule has 0 aliphatic carbocycles. The molecule has 0 aliphatic rings. The number of sulfonamides is 1. The average Bonchev–Trinajstić information content (AvgIpc) is 2.23. The Morgan fingerprint density at radius 1 is 1.11 bits per heavy atom. The highest BCUT2D eigenvalue weighted by molar-refractivity contribution is 7.88. The fraction of sp³-hybridized carbons (Fsp3) is 0.333. The third-order valence-corrected chi connectivity index (χ3v) is 2.21. The molecule has 1 rings (SSSR count). The van der Waals surface area contributed by atoms with Gasteiger partial charge in [0.1, 0.15) is 0 Å². The van der Waals surface area contributed by atoms with Crippen LogP contribution in [0.2, 0.25) is 0 Å². The first kappa shape index (κ1) is 17.8. The van der Waals surface area contributed by atoms with Crippen LogP contribution >= 0.6 is 0 Å². The molecule has 3 N–H and O–H groups in total. The number of nitrogens with one attached hydrogen (secondary N) is 1. The zero-order valence-electron chi connectivity index (χ0n) is 10.4. The van der Waals surface area contributed by atoms with Crippen molar-refractivity contribution in [1.82, 2.24) is 4.83 Å². The van der Waals surface area contributed by atoms with E-state index in [0.717, 1.165) is 11.9 Å². The predicted octanol–water partition coefficient (Wildman–Crippen LogP) is 0.324. The second-order valence-electron chi connectivity index (χ2n) is 3.39. The summed E-state index contributed by atoms with van der Waals surface area (Å²) >= 11 is 0. The summed E-state index contributed by atoms with van der Waals surface area (Å²) in [7, 11) is -7.87. The fourth-order valence-corrected chi connectivity index (χ4v) is 1.74. The zero-order chi connectivity index (χ0) is 15.1. The number of hydrogen-bond donors (Lipinski definition) is 3. The van der Waals surface area contributed by atoms with Crippen LogP contribution in [0.1, 0.15) is 6.92 Å². The maximum atomic E-state index is 11.0. The Hall–Kier alpha value is -1.20. The molecule has 0 radical (unpaired) electrons. The van der Waals surface area contributed by atoms with E-state index in [1.54, 1.807) is 5.01 Å². The minimum Gasteiger partial charge on any atom is -0.295 e. The largest absolute Gasteiger partial charge is 0.394 e. The lowest BCUT2D eigenvalue weighted by molar-refractivity contribution is 0.381. The van der Waals surface area contributed by atoms with Crippen LogP contribution in [0.15, 0.2) is 30.3 Å². The number of anilines is 1. The Bertz CT molecular complexity index is 562. The van der Waals surface area contributed by atoms with Gasteiger partial charge in [0.15, 0.2) is 0 Å². The number of nitrogens with zero attached hydrogens (tertiary/aromatic N) is 1. The molecule has 1 aromatic rings. The summed E-state index contributed by atoms with van der Waals surface area (Å²) in [6.45, 7) is 2.46. The maximum absolute atomic E-state index is 11.0. The van der Waals surface area contributed by atoms with Crippen LogP contribution in [0.25, 0.3) is 0 Å². The summed E-state index contributed by atoms with van der Waals surface area (Å²) in [4.78, 5) is 2.43. The van der Waals surface area contributed by atoms with Gasteiger partial charge in [-0.15, -0.1) is 4.83 Å². The van der Waals surface area contributed by atoms with Gasteiger partial charge in [0, 0.05) is 6.54 Å². The highest BCUT2D eigenvalue weighted by Gasteiger charge is 2.08. The minimum absolute atomic E-state index is 0.580. The SMILES string of the molecule is CCN(NS(C)(=O)=O)c1ccccc1.O=S(=O)(O)O. The smallest absolute Gasteiger partial charge is 0.295 e. The molecule has 8 nitrogen and oxygen atoms in total. The van der Waals surface area contributed by atoms with Gasteiger partial charge in [0.2, 0.25) is 10.0 Å². The number of hydrazine groups is 1. The van der Waals surface area contributed by atoms with Crippen molar-refractivity contribution < 1.29 is 25.9 Å². The topological polar surface area (TPSA) is 124 Å². The Morgan fingerprint density at radius 3 is 1.84 bits per heavy atom. The molecule has 0 heterocycles. The molecule has 0 aliphatic heterocycles. The van der Waals surface area contributed by atoms with E-state index in [9.17, 15) is 8.42 Å². The van der Waals surface area contributed by atoms with Crippen LogP contribution in [0, 0.1) is 0 Å². The molecule has 0 saturated carbocycles. The van der Waals surface area contributed by atoms with Crippen molar-refractivity contribution >= 4 is 26.1 Å². The van der Waals surface area contributed by atoms with E-state index in [1.165, 1.54) is 0 Å². The number of rotatable bonds is 4. The summed E-state index contributed by atoms with van der Waals surface area (Å²) in [6.07, 6.45) is 1.14. The van der Waals surface area contributed by atoms with Gasteiger partial charge < -0.3 is 0 Å². The van der Waals surface area contributed by atoms with Crippen molar-refractivity contribution in [2.45, 2.75) is 6.92 Å². The van der Waals surface area contributed by atoms with E-state index in [-0.39, 0.29) is 0 Å². The Balaban J connectivity index is 0.000000555. The lowest BCUT2D eigenvalue weighted by Crippen LogP contribution is -2.41. The first-order valence-corrected chi connectivity index (χ1v) is 8.31. The number of para-hydroxylation sites is 1. The second-order valence-corrected chi connectivity index (χ2v) is 6.01. The molecule has 110 valence electrons. The first-order valence-electron chi connectivity index (χ1n) is 5.03. The Morgan fingerprint density at radius 2 is 1.53 bits per heavy atom. The zero-order valence-corrected chi connectivity index (χ0v) is 12.0. The molecule has 19 heavy (non-hydrogen) atoms. The van der Waals surface area contributed by atoms with Crippen LogP contribution < -0.4 is 9.84 Å². The lowest BCUT2D eigenvalue weighted by atomic mass is 10.3. The van der Waals surface area contributed by atoms with Gasteiger partial charge in [0.25, 0.3) is 0 Å². The van der Waals surface area contributed by atoms with Crippen molar-refractivity contribution in [2.24, 2.45) is 0 Å². The molecule has 0 bridgehead atoms. The van der Waals surface area contributed by atoms with E-state index in [2.05, 4.69) is 4.83 Å². The van der Waals surface area contributed by atoms with Crippen LogP contribution in [-0.2, 0) is 20.4 Å². The second kappa shape index (κ2) is 7.40. The van der Waals surface area contributed by atoms with E-state index >= 15 is 0 Å². The molecule has 0 spiro atoms.